The summed E-state index contributed by atoms with van der Waals surface area (Å²) in [5, 5.41) is 1.26. The first kappa shape index (κ1) is 15.0. The Hall–Kier alpha value is -1.43. The smallest absolute Gasteiger partial charge is 0.265 e. The van der Waals surface area contributed by atoms with E-state index in [1.54, 1.807) is 7.05 Å². The number of likely N-dealkylation sites (N-methyl/N-ethyl adjacent to an activating group) is 1. The minimum Gasteiger partial charge on any atom is -0.359 e. The molecule has 1 heterocycles. The Morgan fingerprint density at radius 3 is 2.70 bits per heavy atom. The molecule has 1 aromatic carbocycles. The first-order valence-electron chi connectivity index (χ1n) is 6.72. The minimum absolute atomic E-state index is 0.0889. The molecule has 20 heavy (non-hydrogen) atoms. The van der Waals surface area contributed by atoms with Crippen molar-refractivity contribution in [3.8, 4) is 0 Å². The number of amides is 1. The molecule has 0 spiro atoms. The third kappa shape index (κ3) is 3.00. The van der Waals surface area contributed by atoms with E-state index in [4.69, 9.17) is 9.57 Å². The second-order valence-corrected chi connectivity index (χ2v) is 5.41. The fourth-order valence-corrected chi connectivity index (χ4v) is 2.42. The highest BCUT2D eigenvalue weighted by molar-refractivity contribution is 5.81. The van der Waals surface area contributed by atoms with Crippen molar-refractivity contribution in [3.63, 3.8) is 0 Å². The van der Waals surface area contributed by atoms with Crippen LogP contribution in [0.15, 0.2) is 30.3 Å². The zero-order valence-corrected chi connectivity index (χ0v) is 12.5. The van der Waals surface area contributed by atoms with E-state index in [2.05, 4.69) is 17.0 Å². The molecule has 1 saturated heterocycles. The normalized spacial score (nSPS) is 21.9. The van der Waals surface area contributed by atoms with Crippen molar-refractivity contribution in [2.45, 2.75) is 32.2 Å². The lowest BCUT2D eigenvalue weighted by molar-refractivity contribution is -0.174. The van der Waals surface area contributed by atoms with Crippen LogP contribution in [0.25, 0.3) is 0 Å². The van der Waals surface area contributed by atoms with Gasteiger partial charge in [0.25, 0.3) is 5.91 Å². The number of hydroxylamine groups is 2. The molecule has 5 nitrogen and oxygen atoms in total. The Morgan fingerprint density at radius 1 is 1.45 bits per heavy atom. The van der Waals surface area contributed by atoms with Gasteiger partial charge in [0.15, 0.2) is 0 Å². The van der Waals surface area contributed by atoms with E-state index in [9.17, 15) is 4.79 Å². The molecule has 0 radical (unpaired) electrons. The predicted octanol–water partition coefficient (Wildman–Crippen LogP) is 1.64. The highest BCUT2D eigenvalue weighted by Crippen LogP contribution is 2.30. The number of hydrogen-bond acceptors (Lipinski definition) is 4. The first-order valence-corrected chi connectivity index (χ1v) is 6.72. The standard InChI is InChI=1S/C15H22N2O3/c1-15(2)17(10-12-8-6-5-7-9-12)13(11-20-15)14(18)16(3)19-4/h5-9,13H,10-11H2,1-4H3/t13-/m1/s1. The largest absolute Gasteiger partial charge is 0.359 e. The fraction of sp³-hybridized carbons (Fsp3) is 0.533. The van der Waals surface area contributed by atoms with Gasteiger partial charge in [-0.2, -0.15) is 0 Å². The number of rotatable bonds is 4. The van der Waals surface area contributed by atoms with Crippen molar-refractivity contribution in [1.29, 1.82) is 0 Å². The topological polar surface area (TPSA) is 42.0 Å². The molecule has 1 amide bonds. The van der Waals surface area contributed by atoms with Gasteiger partial charge in [0.05, 0.1) is 13.7 Å². The molecule has 0 unspecified atom stereocenters. The number of carbonyl (C=O) groups excluding carboxylic acids is 1. The van der Waals surface area contributed by atoms with Crippen LogP contribution in [0.4, 0.5) is 0 Å². The van der Waals surface area contributed by atoms with Crippen LogP contribution in [-0.2, 0) is 20.9 Å². The van der Waals surface area contributed by atoms with Gasteiger partial charge >= 0.3 is 0 Å². The van der Waals surface area contributed by atoms with E-state index in [1.807, 2.05) is 32.0 Å². The predicted molar refractivity (Wildman–Crippen MR) is 75.6 cm³/mol. The summed E-state index contributed by atoms with van der Waals surface area (Å²) in [6, 6.07) is 9.76. The SMILES string of the molecule is CON(C)C(=O)[C@H]1COC(C)(C)N1Cc1ccccc1. The van der Waals surface area contributed by atoms with Crippen molar-refractivity contribution in [2.24, 2.45) is 0 Å². The Kier molecular flexibility index (Phi) is 4.42. The molecule has 0 aliphatic carbocycles. The quantitative estimate of drug-likeness (QED) is 0.785. The molecule has 2 rings (SSSR count). The summed E-state index contributed by atoms with van der Waals surface area (Å²) in [5.74, 6) is -0.0889. The van der Waals surface area contributed by atoms with Gasteiger partial charge in [0.1, 0.15) is 11.8 Å². The summed E-state index contributed by atoms with van der Waals surface area (Å²) < 4.78 is 5.78. The number of hydrogen-bond donors (Lipinski definition) is 0. The molecule has 0 aromatic heterocycles. The van der Waals surface area contributed by atoms with Gasteiger partial charge < -0.3 is 4.74 Å². The summed E-state index contributed by atoms with van der Waals surface area (Å²) in [6.45, 7) is 5.01. The summed E-state index contributed by atoms with van der Waals surface area (Å²) in [6.07, 6.45) is 0. The molecule has 110 valence electrons. The second kappa shape index (κ2) is 5.91. The van der Waals surface area contributed by atoms with Gasteiger partial charge in [-0.05, 0) is 19.4 Å². The van der Waals surface area contributed by atoms with Crippen LogP contribution >= 0.6 is 0 Å². The van der Waals surface area contributed by atoms with Crippen molar-refractivity contribution in [3.05, 3.63) is 35.9 Å². The number of benzene rings is 1. The van der Waals surface area contributed by atoms with Crippen molar-refractivity contribution in [2.75, 3.05) is 20.8 Å². The highest BCUT2D eigenvalue weighted by atomic mass is 16.7. The zero-order valence-electron chi connectivity index (χ0n) is 12.5. The van der Waals surface area contributed by atoms with Gasteiger partial charge in [-0.25, -0.2) is 5.06 Å². The zero-order chi connectivity index (χ0) is 14.8. The highest BCUT2D eigenvalue weighted by Gasteiger charge is 2.45. The molecule has 0 bridgehead atoms. The third-order valence-electron chi connectivity index (χ3n) is 3.73. The molecule has 1 aliphatic heterocycles. The maximum Gasteiger partial charge on any atom is 0.265 e. The number of nitrogens with zero attached hydrogens (tertiary/aromatic N) is 2. The summed E-state index contributed by atoms with van der Waals surface area (Å²) >= 11 is 0. The van der Waals surface area contributed by atoms with Crippen LogP contribution in [-0.4, -0.2) is 48.4 Å². The van der Waals surface area contributed by atoms with Crippen molar-refractivity contribution < 1.29 is 14.4 Å². The van der Waals surface area contributed by atoms with Crippen LogP contribution < -0.4 is 0 Å². The van der Waals surface area contributed by atoms with E-state index < -0.39 is 5.72 Å². The molecular formula is C15H22N2O3. The third-order valence-corrected chi connectivity index (χ3v) is 3.73. The Morgan fingerprint density at radius 2 is 2.10 bits per heavy atom. The lowest BCUT2D eigenvalue weighted by Crippen LogP contribution is -2.50. The summed E-state index contributed by atoms with van der Waals surface area (Å²) in [4.78, 5) is 19.4. The van der Waals surface area contributed by atoms with E-state index in [0.29, 0.717) is 13.2 Å². The Balaban J connectivity index is 2.18. The van der Waals surface area contributed by atoms with Gasteiger partial charge in [-0.1, -0.05) is 30.3 Å². The lowest BCUT2D eigenvalue weighted by Gasteiger charge is -2.33. The number of carbonyl (C=O) groups is 1. The second-order valence-electron chi connectivity index (χ2n) is 5.41. The minimum atomic E-state index is -0.468. The maximum absolute atomic E-state index is 12.3. The molecular weight excluding hydrogens is 256 g/mol. The van der Waals surface area contributed by atoms with E-state index >= 15 is 0 Å². The summed E-state index contributed by atoms with van der Waals surface area (Å²) in [5.41, 5.74) is 0.689. The van der Waals surface area contributed by atoms with Gasteiger partial charge in [-0.3, -0.25) is 14.5 Å². The van der Waals surface area contributed by atoms with Crippen LogP contribution in [0.2, 0.25) is 0 Å². The molecule has 1 aromatic rings. The molecule has 5 heteroatoms. The van der Waals surface area contributed by atoms with Gasteiger partial charge in [0.2, 0.25) is 0 Å². The lowest BCUT2D eigenvalue weighted by atomic mass is 10.1. The van der Waals surface area contributed by atoms with Crippen molar-refractivity contribution in [1.82, 2.24) is 9.96 Å². The van der Waals surface area contributed by atoms with Crippen molar-refractivity contribution >= 4 is 5.91 Å². The molecule has 1 aliphatic rings. The van der Waals surface area contributed by atoms with Crippen LogP contribution in [0.5, 0.6) is 0 Å². The molecule has 0 N–H and O–H groups in total. The molecule has 1 atom stereocenters. The van der Waals surface area contributed by atoms with Crippen LogP contribution in [0.3, 0.4) is 0 Å². The number of ether oxygens (including phenoxy) is 1. The van der Waals surface area contributed by atoms with Gasteiger partial charge in [-0.15, -0.1) is 0 Å². The monoisotopic (exact) mass is 278 g/mol. The fourth-order valence-electron chi connectivity index (χ4n) is 2.42. The van der Waals surface area contributed by atoms with E-state index in [1.165, 1.54) is 12.2 Å². The van der Waals surface area contributed by atoms with E-state index in [-0.39, 0.29) is 11.9 Å². The average Bonchev–Trinajstić information content (AvgIpc) is 2.74. The van der Waals surface area contributed by atoms with Crippen LogP contribution in [0.1, 0.15) is 19.4 Å². The van der Waals surface area contributed by atoms with Gasteiger partial charge in [0, 0.05) is 13.6 Å². The molecule has 0 saturated carbocycles. The maximum atomic E-state index is 12.3. The average molecular weight is 278 g/mol. The van der Waals surface area contributed by atoms with Crippen LogP contribution in [0, 0.1) is 0 Å². The first-order chi connectivity index (χ1) is 9.45. The Labute approximate surface area is 120 Å². The Bertz CT molecular complexity index is 461. The molecule has 1 fully saturated rings. The summed E-state index contributed by atoms with van der Waals surface area (Å²) in [7, 11) is 3.11. The van der Waals surface area contributed by atoms with E-state index in [0.717, 1.165) is 5.56 Å².